The normalized spacial score (nSPS) is 12.7. The van der Waals surface area contributed by atoms with Crippen LogP contribution in [-0.4, -0.2) is 61.5 Å². The van der Waals surface area contributed by atoms with Crippen LogP contribution in [0.4, 0.5) is 4.39 Å². The maximum Gasteiger partial charge on any atom is 0.333 e. The van der Waals surface area contributed by atoms with Gasteiger partial charge < -0.3 is 19.9 Å². The summed E-state index contributed by atoms with van der Waals surface area (Å²) in [4.78, 5) is 43.1. The first kappa shape index (κ1) is 30.1. The lowest BCUT2D eigenvalue weighted by Gasteiger charge is -2.28. The van der Waals surface area contributed by atoms with Gasteiger partial charge in [0.1, 0.15) is 33.0 Å². The number of ether oxygens (including phenoxy) is 2. The zero-order chi connectivity index (χ0) is 30.1. The van der Waals surface area contributed by atoms with Crippen molar-refractivity contribution in [3.8, 4) is 10.8 Å². The van der Waals surface area contributed by atoms with Crippen molar-refractivity contribution >= 4 is 27.5 Å². The van der Waals surface area contributed by atoms with Crippen LogP contribution in [0.25, 0.3) is 15.2 Å². The van der Waals surface area contributed by atoms with Crippen LogP contribution >= 0.6 is 11.3 Å². The van der Waals surface area contributed by atoms with Crippen molar-refractivity contribution in [2.45, 2.75) is 58.8 Å². The molecule has 0 bridgehead atoms. The Bertz CT molecular complexity index is 1670. The van der Waals surface area contributed by atoms with Crippen molar-refractivity contribution in [1.29, 1.82) is 0 Å². The lowest BCUT2D eigenvalue weighted by Crippen LogP contribution is -2.56. The third-order valence-electron chi connectivity index (χ3n) is 6.62. The number of rotatable bonds is 11. The minimum Gasteiger partial charge on any atom is -0.496 e. The van der Waals surface area contributed by atoms with Crippen molar-refractivity contribution in [3.05, 3.63) is 68.4 Å². The van der Waals surface area contributed by atoms with Gasteiger partial charge in [-0.25, -0.2) is 13.8 Å². The van der Waals surface area contributed by atoms with Crippen molar-refractivity contribution in [2.75, 3.05) is 20.3 Å². The minimum atomic E-state index is -1.58. The first-order valence-electron chi connectivity index (χ1n) is 12.9. The van der Waals surface area contributed by atoms with Crippen molar-refractivity contribution in [3.63, 3.8) is 0 Å². The number of aromatic nitrogens is 5. The Kier molecular flexibility index (Phi) is 8.75. The summed E-state index contributed by atoms with van der Waals surface area (Å²) in [6, 6.07) is 3.67. The number of hydrogen-bond donors (Lipinski definition) is 2. The van der Waals surface area contributed by atoms with Gasteiger partial charge in [-0.05, 0) is 52.8 Å². The van der Waals surface area contributed by atoms with Gasteiger partial charge in [0.05, 0.1) is 44.6 Å². The number of aliphatic hydroxyl groups is 1. The van der Waals surface area contributed by atoms with Gasteiger partial charge >= 0.3 is 5.69 Å². The summed E-state index contributed by atoms with van der Waals surface area (Å²) < 4.78 is 28.0. The number of hydrogen-bond acceptors (Lipinski definition) is 9. The van der Waals surface area contributed by atoms with E-state index in [9.17, 15) is 23.9 Å². The number of halogens is 1. The highest BCUT2D eigenvalue weighted by molar-refractivity contribution is 7.21. The number of carbonyl (C=O) groups excluding carboxylic acids is 1. The molecule has 0 unspecified atom stereocenters. The molecule has 0 aliphatic heterocycles. The number of amides is 1. The molecule has 2 N–H and O–H groups in total. The minimum absolute atomic E-state index is 0.115. The predicted molar refractivity (Wildman–Crippen MR) is 151 cm³/mol. The largest absolute Gasteiger partial charge is 0.496 e. The molecule has 0 fully saturated rings. The second kappa shape index (κ2) is 11.9. The Hall–Kier alpha value is -3.88. The number of nitrogens with one attached hydrogen (secondary N) is 1. The fourth-order valence-electron chi connectivity index (χ4n) is 4.60. The summed E-state index contributed by atoms with van der Waals surface area (Å²) in [6.07, 6.45) is 2.01. The molecular weight excluding hydrogens is 555 g/mol. The maximum absolute atomic E-state index is 14.4. The Morgan fingerprint density at radius 3 is 2.51 bits per heavy atom. The molecule has 3 heterocycles. The Balaban J connectivity index is 2.03. The maximum atomic E-state index is 14.4. The number of aryl methyl sites for hydroxylation is 1. The number of methoxy groups -OCH3 is 1. The third-order valence-corrected chi connectivity index (χ3v) is 7.90. The van der Waals surface area contributed by atoms with E-state index in [0.29, 0.717) is 26.7 Å². The van der Waals surface area contributed by atoms with Crippen molar-refractivity contribution < 1.29 is 23.8 Å². The monoisotopic (exact) mass is 588 g/mol. The highest BCUT2D eigenvalue weighted by atomic mass is 32.1. The zero-order valence-electron chi connectivity index (χ0n) is 23.7. The summed E-state index contributed by atoms with van der Waals surface area (Å²) in [5.41, 5.74) is -2.16. The quantitative estimate of drug-likeness (QED) is 0.272. The van der Waals surface area contributed by atoms with E-state index in [-0.39, 0.29) is 31.2 Å². The van der Waals surface area contributed by atoms with Crippen LogP contribution in [0.2, 0.25) is 0 Å². The fraction of sp³-hybridized carbons (Fsp3) is 0.444. The predicted octanol–water partition coefficient (Wildman–Crippen LogP) is 2.27. The smallest absolute Gasteiger partial charge is 0.333 e. The van der Waals surface area contributed by atoms with Gasteiger partial charge in [0.25, 0.3) is 5.56 Å². The molecule has 220 valence electrons. The van der Waals surface area contributed by atoms with Gasteiger partial charge in [0.15, 0.2) is 0 Å². The second-order valence-electron chi connectivity index (χ2n) is 10.2. The number of benzene rings is 1. The molecule has 1 aromatic carbocycles. The lowest BCUT2D eigenvalue weighted by molar-refractivity contribution is -0.129. The number of thiophene rings is 1. The molecule has 0 radical (unpaired) electrons. The van der Waals surface area contributed by atoms with E-state index in [4.69, 9.17) is 9.47 Å². The van der Waals surface area contributed by atoms with Gasteiger partial charge in [-0.1, -0.05) is 11.3 Å². The summed E-state index contributed by atoms with van der Waals surface area (Å²) in [5.74, 6) is -0.752. The highest BCUT2D eigenvalue weighted by Gasteiger charge is 2.36. The van der Waals surface area contributed by atoms with E-state index in [2.05, 4.69) is 15.5 Å². The standard InChI is InChI=1S/C27H33FN6O6S/c1-15(2)31-25(37)27(4,5)33-22(36)21-16(3)23(34-29-9-10-30-34)41-24(21)32(26(33)38)14-20(40-12-11-35)18-13-17(28)7-8-19(18)39-6/h7-10,13,15,20,35H,11-12,14H2,1-6H3,(H,31,37)/t20-/m0/s1. The molecule has 1 atom stereocenters. The van der Waals surface area contributed by atoms with Crippen LogP contribution in [0.1, 0.15) is 44.9 Å². The van der Waals surface area contributed by atoms with Gasteiger partial charge in [0.2, 0.25) is 5.91 Å². The molecule has 12 nitrogen and oxygen atoms in total. The topological polar surface area (TPSA) is 142 Å². The van der Waals surface area contributed by atoms with Crippen LogP contribution in [0.15, 0.2) is 40.2 Å². The van der Waals surface area contributed by atoms with Crippen LogP contribution in [0, 0.1) is 12.7 Å². The Morgan fingerprint density at radius 1 is 1.22 bits per heavy atom. The van der Waals surface area contributed by atoms with Crippen LogP contribution in [0.3, 0.4) is 0 Å². The summed E-state index contributed by atoms with van der Waals surface area (Å²) in [5, 5.41) is 21.4. The molecule has 0 saturated carbocycles. The molecule has 0 spiro atoms. The van der Waals surface area contributed by atoms with E-state index < -0.39 is 34.6 Å². The summed E-state index contributed by atoms with van der Waals surface area (Å²) in [7, 11) is 1.42. The summed E-state index contributed by atoms with van der Waals surface area (Å²) in [6.45, 7) is 7.63. The fourth-order valence-corrected chi connectivity index (χ4v) is 5.82. The van der Waals surface area contributed by atoms with Crippen LogP contribution in [0.5, 0.6) is 5.75 Å². The molecule has 4 aromatic rings. The summed E-state index contributed by atoms with van der Waals surface area (Å²) >= 11 is 1.13. The van der Waals surface area contributed by atoms with Gasteiger partial charge in [-0.2, -0.15) is 10.2 Å². The van der Waals surface area contributed by atoms with E-state index in [1.807, 2.05) is 0 Å². The molecule has 3 aromatic heterocycles. The molecule has 14 heteroatoms. The van der Waals surface area contributed by atoms with Crippen LogP contribution < -0.4 is 21.3 Å². The van der Waals surface area contributed by atoms with Gasteiger partial charge in [-0.3, -0.25) is 14.2 Å². The zero-order valence-corrected chi connectivity index (χ0v) is 24.5. The number of carbonyl (C=O) groups is 1. The average molecular weight is 589 g/mol. The highest BCUT2D eigenvalue weighted by Crippen LogP contribution is 2.34. The molecule has 0 aliphatic rings. The number of fused-ring (bicyclic) bond motifs is 1. The van der Waals surface area contributed by atoms with E-state index in [1.54, 1.807) is 20.8 Å². The van der Waals surface area contributed by atoms with Crippen molar-refractivity contribution in [2.24, 2.45) is 0 Å². The Morgan fingerprint density at radius 2 is 1.90 bits per heavy atom. The molecular formula is C27H33FN6O6S. The van der Waals surface area contributed by atoms with Crippen LogP contribution in [-0.2, 0) is 21.6 Å². The Labute approximate surface area is 238 Å². The molecule has 0 saturated heterocycles. The molecule has 41 heavy (non-hydrogen) atoms. The molecule has 1 amide bonds. The second-order valence-corrected chi connectivity index (χ2v) is 11.2. The third kappa shape index (κ3) is 5.67. The average Bonchev–Trinajstić information content (AvgIpc) is 3.56. The molecule has 4 rings (SSSR count). The number of aliphatic hydroxyl groups excluding tert-OH is 1. The molecule has 0 aliphatic carbocycles. The first-order chi connectivity index (χ1) is 19.4. The van der Waals surface area contributed by atoms with Gasteiger partial charge in [0, 0.05) is 17.2 Å². The first-order valence-corrected chi connectivity index (χ1v) is 13.8. The van der Waals surface area contributed by atoms with E-state index in [1.165, 1.54) is 60.9 Å². The van der Waals surface area contributed by atoms with E-state index in [0.717, 1.165) is 15.9 Å². The SMILES string of the molecule is COc1ccc(F)cc1[C@H](Cn1c(=O)n(C(C)(C)C(=O)NC(C)C)c(=O)c2c(C)c(-n3nccn3)sc21)OCCO. The number of nitrogens with zero attached hydrogens (tertiary/aromatic N) is 5. The van der Waals surface area contributed by atoms with Gasteiger partial charge in [-0.15, -0.1) is 4.80 Å². The lowest BCUT2D eigenvalue weighted by atomic mass is 10.0. The van der Waals surface area contributed by atoms with E-state index >= 15 is 0 Å². The van der Waals surface area contributed by atoms with Crippen molar-refractivity contribution in [1.82, 2.24) is 29.4 Å².